The predicted molar refractivity (Wildman–Crippen MR) is 93.7 cm³/mol. The molecule has 1 heterocycles. The second kappa shape index (κ2) is 5.26. The standard InChI is InChI=1S/C20H30N2/c1-4-21-18-12-15-13-19-16-7-5-6-8-20(16,9-10-22(19)3)17(15)11-14(18)2/h11-12,16,19,21H,4-10,13H2,1-3H3/t16-,19-,20+/m0/s1. The minimum absolute atomic E-state index is 0.499. The summed E-state index contributed by atoms with van der Waals surface area (Å²) in [6.07, 6.45) is 8.38. The summed E-state index contributed by atoms with van der Waals surface area (Å²) in [6.45, 7) is 6.77. The lowest BCUT2D eigenvalue weighted by Gasteiger charge is -2.58. The van der Waals surface area contributed by atoms with Crippen LogP contribution in [0.2, 0.25) is 0 Å². The molecule has 1 N–H and O–H groups in total. The van der Waals surface area contributed by atoms with Gasteiger partial charge >= 0.3 is 0 Å². The molecule has 1 aliphatic heterocycles. The Kier molecular flexibility index (Phi) is 3.48. The Morgan fingerprint density at radius 1 is 1.27 bits per heavy atom. The van der Waals surface area contributed by atoms with Crippen LogP contribution in [0.1, 0.15) is 55.7 Å². The molecular formula is C20H30N2. The number of piperidine rings is 1. The van der Waals surface area contributed by atoms with Gasteiger partial charge in [-0.15, -0.1) is 0 Å². The maximum absolute atomic E-state index is 3.56. The molecule has 4 rings (SSSR count). The van der Waals surface area contributed by atoms with E-state index >= 15 is 0 Å². The zero-order valence-corrected chi connectivity index (χ0v) is 14.4. The second-order valence-electron chi connectivity index (χ2n) is 7.87. The molecule has 2 aliphatic carbocycles. The third-order valence-corrected chi connectivity index (χ3v) is 6.82. The Morgan fingerprint density at radius 3 is 2.95 bits per heavy atom. The van der Waals surface area contributed by atoms with Gasteiger partial charge in [-0.1, -0.05) is 18.9 Å². The van der Waals surface area contributed by atoms with E-state index in [1.165, 1.54) is 56.3 Å². The highest BCUT2D eigenvalue weighted by atomic mass is 15.1. The minimum Gasteiger partial charge on any atom is -0.385 e. The van der Waals surface area contributed by atoms with Gasteiger partial charge in [0, 0.05) is 23.7 Å². The molecule has 2 bridgehead atoms. The molecule has 0 radical (unpaired) electrons. The van der Waals surface area contributed by atoms with E-state index < -0.39 is 0 Å². The van der Waals surface area contributed by atoms with Crippen molar-refractivity contribution in [2.45, 2.75) is 63.8 Å². The van der Waals surface area contributed by atoms with Crippen molar-refractivity contribution in [3.8, 4) is 0 Å². The van der Waals surface area contributed by atoms with Crippen molar-refractivity contribution in [3.05, 3.63) is 28.8 Å². The highest BCUT2D eigenvalue weighted by Gasteiger charge is 2.53. The number of nitrogens with zero attached hydrogens (tertiary/aromatic N) is 1. The van der Waals surface area contributed by atoms with E-state index in [-0.39, 0.29) is 0 Å². The van der Waals surface area contributed by atoms with Gasteiger partial charge in [0.2, 0.25) is 0 Å². The molecule has 22 heavy (non-hydrogen) atoms. The fourth-order valence-corrected chi connectivity index (χ4v) is 5.74. The highest BCUT2D eigenvalue weighted by molar-refractivity contribution is 5.58. The van der Waals surface area contributed by atoms with E-state index in [1.807, 2.05) is 0 Å². The summed E-state index contributed by atoms with van der Waals surface area (Å²) < 4.78 is 0. The number of nitrogens with one attached hydrogen (secondary N) is 1. The van der Waals surface area contributed by atoms with Gasteiger partial charge in [-0.3, -0.25) is 0 Å². The summed E-state index contributed by atoms with van der Waals surface area (Å²) >= 11 is 0. The fourth-order valence-electron chi connectivity index (χ4n) is 5.74. The van der Waals surface area contributed by atoms with Gasteiger partial charge in [0.15, 0.2) is 0 Å². The summed E-state index contributed by atoms with van der Waals surface area (Å²) in [4.78, 5) is 2.66. The molecule has 1 aromatic rings. The maximum Gasteiger partial charge on any atom is 0.0372 e. The van der Waals surface area contributed by atoms with E-state index in [1.54, 1.807) is 11.1 Å². The first-order valence-electron chi connectivity index (χ1n) is 9.24. The van der Waals surface area contributed by atoms with Crippen LogP contribution in [0.3, 0.4) is 0 Å². The summed E-state index contributed by atoms with van der Waals surface area (Å²) in [7, 11) is 2.35. The van der Waals surface area contributed by atoms with E-state index in [0.717, 1.165) is 18.5 Å². The number of fused-ring (bicyclic) bond motifs is 1. The molecule has 0 spiro atoms. The number of hydrogen-bond donors (Lipinski definition) is 1. The summed E-state index contributed by atoms with van der Waals surface area (Å²) in [5.74, 6) is 0.900. The third-order valence-electron chi connectivity index (χ3n) is 6.82. The zero-order valence-electron chi connectivity index (χ0n) is 14.4. The molecule has 2 fully saturated rings. The molecule has 1 saturated carbocycles. The van der Waals surface area contributed by atoms with Crippen molar-refractivity contribution in [2.24, 2.45) is 5.92 Å². The Labute approximate surface area is 135 Å². The average Bonchev–Trinajstić information content (AvgIpc) is 2.53. The van der Waals surface area contributed by atoms with Crippen molar-refractivity contribution in [1.29, 1.82) is 0 Å². The number of aryl methyl sites for hydroxylation is 1. The monoisotopic (exact) mass is 298 g/mol. The molecule has 0 unspecified atom stereocenters. The molecule has 2 nitrogen and oxygen atoms in total. The number of anilines is 1. The lowest BCUT2D eigenvalue weighted by Crippen LogP contribution is -2.59. The lowest BCUT2D eigenvalue weighted by atomic mass is 9.52. The highest BCUT2D eigenvalue weighted by Crippen LogP contribution is 2.55. The van der Waals surface area contributed by atoms with Gasteiger partial charge < -0.3 is 10.2 Å². The first-order valence-corrected chi connectivity index (χ1v) is 9.24. The summed E-state index contributed by atoms with van der Waals surface area (Å²) in [5.41, 5.74) is 6.65. The van der Waals surface area contributed by atoms with Crippen LogP contribution in [-0.4, -0.2) is 31.1 Å². The largest absolute Gasteiger partial charge is 0.385 e. The fraction of sp³-hybridized carbons (Fsp3) is 0.700. The van der Waals surface area contributed by atoms with Gasteiger partial charge in [-0.2, -0.15) is 0 Å². The lowest BCUT2D eigenvalue weighted by molar-refractivity contribution is 0.00285. The van der Waals surface area contributed by atoms with Crippen LogP contribution in [0.4, 0.5) is 5.69 Å². The van der Waals surface area contributed by atoms with Crippen molar-refractivity contribution in [2.75, 3.05) is 25.5 Å². The van der Waals surface area contributed by atoms with Crippen LogP contribution in [0.25, 0.3) is 0 Å². The Hall–Kier alpha value is -1.02. The van der Waals surface area contributed by atoms with E-state index in [0.29, 0.717) is 5.41 Å². The van der Waals surface area contributed by atoms with Crippen LogP contribution in [0.15, 0.2) is 12.1 Å². The summed E-state index contributed by atoms with van der Waals surface area (Å²) in [6, 6.07) is 5.80. The van der Waals surface area contributed by atoms with Crippen LogP contribution in [-0.2, 0) is 11.8 Å². The SMILES string of the molecule is CCNc1cc2c(cc1C)[C@@]13CCCC[C@H]1[C@H](C2)N(C)CC3. The predicted octanol–water partition coefficient (Wildman–Crippen LogP) is 4.12. The quantitative estimate of drug-likeness (QED) is 0.883. The third kappa shape index (κ3) is 1.96. The molecule has 0 amide bonds. The molecule has 1 aromatic carbocycles. The molecule has 0 aromatic heterocycles. The van der Waals surface area contributed by atoms with Gasteiger partial charge in [0.05, 0.1) is 0 Å². The summed E-state index contributed by atoms with van der Waals surface area (Å²) in [5, 5.41) is 3.56. The number of likely N-dealkylation sites (N-methyl/N-ethyl adjacent to an activating group) is 1. The van der Waals surface area contributed by atoms with Crippen LogP contribution in [0, 0.1) is 12.8 Å². The van der Waals surface area contributed by atoms with Gasteiger partial charge in [-0.25, -0.2) is 0 Å². The number of hydrogen-bond acceptors (Lipinski definition) is 2. The van der Waals surface area contributed by atoms with Gasteiger partial charge in [0.25, 0.3) is 0 Å². The molecule has 3 aliphatic rings. The van der Waals surface area contributed by atoms with Gasteiger partial charge in [-0.05, 0) is 81.8 Å². The van der Waals surface area contributed by atoms with E-state index in [2.05, 4.69) is 43.2 Å². The topological polar surface area (TPSA) is 15.3 Å². The van der Waals surface area contributed by atoms with Crippen LogP contribution in [0.5, 0.6) is 0 Å². The average molecular weight is 298 g/mol. The Bertz CT molecular complexity index is 579. The first-order chi connectivity index (χ1) is 10.7. The van der Waals surface area contributed by atoms with Crippen LogP contribution >= 0.6 is 0 Å². The molecule has 120 valence electrons. The van der Waals surface area contributed by atoms with Crippen LogP contribution < -0.4 is 5.32 Å². The van der Waals surface area contributed by atoms with Gasteiger partial charge in [0.1, 0.15) is 0 Å². The molecular weight excluding hydrogens is 268 g/mol. The van der Waals surface area contributed by atoms with E-state index in [4.69, 9.17) is 0 Å². The van der Waals surface area contributed by atoms with Crippen molar-refractivity contribution < 1.29 is 0 Å². The smallest absolute Gasteiger partial charge is 0.0372 e. The minimum atomic E-state index is 0.499. The number of benzene rings is 1. The molecule has 1 saturated heterocycles. The molecule has 3 atom stereocenters. The normalized spacial score (nSPS) is 34.0. The first kappa shape index (κ1) is 14.6. The second-order valence-corrected chi connectivity index (χ2v) is 7.87. The van der Waals surface area contributed by atoms with Crippen molar-refractivity contribution >= 4 is 5.69 Å². The maximum atomic E-state index is 3.56. The zero-order chi connectivity index (χ0) is 15.3. The van der Waals surface area contributed by atoms with Crippen molar-refractivity contribution in [1.82, 2.24) is 4.90 Å². The van der Waals surface area contributed by atoms with E-state index in [9.17, 15) is 0 Å². The number of likely N-dealkylation sites (tertiary alicyclic amines) is 1. The van der Waals surface area contributed by atoms with Crippen molar-refractivity contribution in [3.63, 3.8) is 0 Å². The number of rotatable bonds is 2. The Morgan fingerprint density at radius 2 is 2.14 bits per heavy atom. The molecule has 2 heteroatoms. The Balaban J connectivity index is 1.85.